The van der Waals surface area contributed by atoms with Crippen molar-refractivity contribution in [2.24, 2.45) is 0 Å². The molecule has 0 atom stereocenters. The summed E-state index contributed by atoms with van der Waals surface area (Å²) in [6.45, 7) is 2.03. The minimum atomic E-state index is -0.445. The van der Waals surface area contributed by atoms with Crippen LogP contribution in [-0.4, -0.2) is 20.3 Å². The van der Waals surface area contributed by atoms with Crippen LogP contribution in [0.5, 0.6) is 0 Å². The number of aromatic nitrogens is 4. The number of H-pyrrole nitrogens is 1. The molecular weight excluding hydrogens is 299 g/mol. The summed E-state index contributed by atoms with van der Waals surface area (Å²) in [7, 11) is 0. The van der Waals surface area contributed by atoms with Gasteiger partial charge in [-0.1, -0.05) is 24.8 Å². The van der Waals surface area contributed by atoms with Gasteiger partial charge in [-0.2, -0.15) is 0 Å². The van der Waals surface area contributed by atoms with Crippen molar-refractivity contribution in [3.63, 3.8) is 0 Å². The number of nitrogens with one attached hydrogen (secondary N) is 1. The first-order valence-electron chi connectivity index (χ1n) is 7.16. The molecule has 0 unspecified atom stereocenters. The fourth-order valence-electron chi connectivity index (χ4n) is 2.05. The molecule has 1 aromatic carbocycles. The SMILES string of the molecule is CCCC#Cc1ccc(Cc2nc3nonc3[nH]c2=O)c(F)c1. The zero-order chi connectivity index (χ0) is 16.2. The van der Waals surface area contributed by atoms with Crippen LogP contribution in [0.3, 0.4) is 0 Å². The minimum Gasteiger partial charge on any atom is -0.299 e. The number of fused-ring (bicyclic) bond motifs is 1. The second-order valence-corrected chi connectivity index (χ2v) is 4.98. The Morgan fingerprint density at radius 1 is 1.35 bits per heavy atom. The van der Waals surface area contributed by atoms with E-state index in [-0.39, 0.29) is 23.4 Å². The van der Waals surface area contributed by atoms with Gasteiger partial charge in [0.1, 0.15) is 11.5 Å². The first kappa shape index (κ1) is 14.9. The molecule has 0 saturated carbocycles. The zero-order valence-electron chi connectivity index (χ0n) is 12.4. The normalized spacial score (nSPS) is 10.5. The third-order valence-corrected chi connectivity index (χ3v) is 3.22. The van der Waals surface area contributed by atoms with Gasteiger partial charge in [-0.3, -0.25) is 9.78 Å². The van der Waals surface area contributed by atoms with Crippen LogP contribution in [-0.2, 0) is 6.42 Å². The lowest BCUT2D eigenvalue weighted by atomic mass is 10.1. The van der Waals surface area contributed by atoms with E-state index in [9.17, 15) is 9.18 Å². The maximum atomic E-state index is 14.2. The molecule has 0 aliphatic rings. The first-order valence-corrected chi connectivity index (χ1v) is 7.16. The van der Waals surface area contributed by atoms with E-state index in [1.165, 1.54) is 6.07 Å². The Morgan fingerprint density at radius 2 is 2.22 bits per heavy atom. The average Bonchev–Trinajstić information content (AvgIpc) is 2.97. The third-order valence-electron chi connectivity index (χ3n) is 3.22. The van der Waals surface area contributed by atoms with Gasteiger partial charge in [-0.05, 0) is 34.4 Å². The number of halogens is 1. The van der Waals surface area contributed by atoms with E-state index < -0.39 is 11.4 Å². The number of hydrogen-bond acceptors (Lipinski definition) is 5. The third kappa shape index (κ3) is 3.26. The molecule has 3 aromatic rings. The molecule has 7 heteroatoms. The zero-order valence-corrected chi connectivity index (χ0v) is 12.4. The van der Waals surface area contributed by atoms with Crippen LogP contribution < -0.4 is 5.56 Å². The summed E-state index contributed by atoms with van der Waals surface area (Å²) in [6.07, 6.45) is 1.78. The minimum absolute atomic E-state index is 0.0482. The molecule has 1 N–H and O–H groups in total. The Morgan fingerprint density at radius 3 is 3.00 bits per heavy atom. The number of benzene rings is 1. The molecule has 0 saturated heterocycles. The van der Waals surface area contributed by atoms with Gasteiger partial charge in [-0.25, -0.2) is 14.0 Å². The molecule has 2 aromatic heterocycles. The average molecular weight is 312 g/mol. The summed E-state index contributed by atoms with van der Waals surface area (Å²) in [4.78, 5) is 18.5. The largest absolute Gasteiger partial charge is 0.299 e. The van der Waals surface area contributed by atoms with Crippen LogP contribution >= 0.6 is 0 Å². The van der Waals surface area contributed by atoms with E-state index >= 15 is 0 Å². The molecule has 0 bridgehead atoms. The Balaban J connectivity index is 1.88. The van der Waals surface area contributed by atoms with E-state index in [0.717, 1.165) is 12.8 Å². The van der Waals surface area contributed by atoms with E-state index in [1.54, 1.807) is 12.1 Å². The summed E-state index contributed by atoms with van der Waals surface area (Å²) in [5.74, 6) is 5.45. The Labute approximate surface area is 130 Å². The van der Waals surface area contributed by atoms with Gasteiger partial charge in [0.2, 0.25) is 11.3 Å². The fraction of sp³-hybridized carbons (Fsp3) is 0.250. The number of hydrogen-bond donors (Lipinski definition) is 1. The van der Waals surface area contributed by atoms with Gasteiger partial charge in [0.05, 0.1) is 0 Å². The van der Waals surface area contributed by atoms with Crippen LogP contribution in [0, 0.1) is 17.7 Å². The van der Waals surface area contributed by atoms with Crippen molar-refractivity contribution in [1.29, 1.82) is 0 Å². The highest BCUT2D eigenvalue weighted by atomic mass is 19.1. The van der Waals surface area contributed by atoms with Crippen LogP contribution in [0.4, 0.5) is 4.39 Å². The van der Waals surface area contributed by atoms with Crippen molar-refractivity contribution in [3.05, 3.63) is 51.2 Å². The maximum Gasteiger partial charge on any atom is 0.271 e. The van der Waals surface area contributed by atoms with Crippen molar-refractivity contribution < 1.29 is 9.02 Å². The molecule has 0 amide bonds. The highest BCUT2D eigenvalue weighted by molar-refractivity contribution is 5.62. The number of rotatable bonds is 3. The topological polar surface area (TPSA) is 84.7 Å². The Hall–Kier alpha value is -3.01. The van der Waals surface area contributed by atoms with Crippen LogP contribution in [0.1, 0.15) is 36.6 Å². The monoisotopic (exact) mass is 312 g/mol. The number of unbranched alkanes of at least 4 members (excludes halogenated alkanes) is 1. The van der Waals surface area contributed by atoms with E-state index in [1.807, 2.05) is 6.92 Å². The highest BCUT2D eigenvalue weighted by Crippen LogP contribution is 2.13. The molecule has 0 aliphatic carbocycles. The van der Waals surface area contributed by atoms with Crippen LogP contribution in [0.25, 0.3) is 11.3 Å². The summed E-state index contributed by atoms with van der Waals surface area (Å²) in [5.41, 5.74) is 1.02. The van der Waals surface area contributed by atoms with Crippen molar-refractivity contribution in [2.45, 2.75) is 26.2 Å². The second kappa shape index (κ2) is 6.40. The molecule has 0 fully saturated rings. The van der Waals surface area contributed by atoms with Crippen molar-refractivity contribution in [1.82, 2.24) is 20.3 Å². The smallest absolute Gasteiger partial charge is 0.271 e. The van der Waals surface area contributed by atoms with Crippen molar-refractivity contribution >= 4 is 11.3 Å². The summed E-state index contributed by atoms with van der Waals surface area (Å²) < 4.78 is 18.7. The van der Waals surface area contributed by atoms with Gasteiger partial charge in [0.25, 0.3) is 5.56 Å². The van der Waals surface area contributed by atoms with Gasteiger partial charge >= 0.3 is 0 Å². The van der Waals surface area contributed by atoms with E-state index in [4.69, 9.17) is 0 Å². The van der Waals surface area contributed by atoms with Gasteiger partial charge in [0.15, 0.2) is 0 Å². The van der Waals surface area contributed by atoms with Crippen molar-refractivity contribution in [2.75, 3.05) is 0 Å². The number of aromatic amines is 1. The van der Waals surface area contributed by atoms with E-state index in [0.29, 0.717) is 11.1 Å². The first-order chi connectivity index (χ1) is 11.2. The summed E-state index contributed by atoms with van der Waals surface area (Å²) in [6, 6.07) is 4.70. The van der Waals surface area contributed by atoms with Crippen LogP contribution in [0.2, 0.25) is 0 Å². The lowest BCUT2D eigenvalue weighted by molar-refractivity contribution is 0.314. The molecule has 6 nitrogen and oxygen atoms in total. The second-order valence-electron chi connectivity index (χ2n) is 4.98. The molecule has 2 heterocycles. The Kier molecular flexibility index (Phi) is 4.15. The predicted molar refractivity (Wildman–Crippen MR) is 81.2 cm³/mol. The quantitative estimate of drug-likeness (QED) is 0.749. The maximum absolute atomic E-state index is 14.2. The molecular formula is C16H13FN4O2. The molecule has 116 valence electrons. The lowest BCUT2D eigenvalue weighted by Gasteiger charge is -2.02. The Bertz CT molecular complexity index is 965. The van der Waals surface area contributed by atoms with Gasteiger partial charge < -0.3 is 0 Å². The van der Waals surface area contributed by atoms with Gasteiger partial charge in [-0.15, -0.1) is 0 Å². The summed E-state index contributed by atoms with van der Waals surface area (Å²) in [5, 5.41) is 7.06. The van der Waals surface area contributed by atoms with Gasteiger partial charge in [0, 0.05) is 18.4 Å². The number of nitrogens with zero attached hydrogens (tertiary/aromatic N) is 3. The lowest BCUT2D eigenvalue weighted by Crippen LogP contribution is -2.16. The van der Waals surface area contributed by atoms with Crippen LogP contribution in [0.15, 0.2) is 27.6 Å². The highest BCUT2D eigenvalue weighted by Gasteiger charge is 2.12. The molecule has 23 heavy (non-hydrogen) atoms. The van der Waals surface area contributed by atoms with Crippen molar-refractivity contribution in [3.8, 4) is 11.8 Å². The molecule has 0 spiro atoms. The molecule has 3 rings (SSSR count). The molecule has 0 aliphatic heterocycles. The molecule has 0 radical (unpaired) electrons. The standard InChI is InChI=1S/C16H13FN4O2/c1-2-3-4-5-10-6-7-11(12(17)8-10)9-13-16(22)19-15-14(18-13)20-23-21-15/h6-8H,2-3,9H2,1H3,(H,19,21,22). The fourth-order valence-corrected chi connectivity index (χ4v) is 2.05. The predicted octanol–water partition coefficient (Wildman–Crippen LogP) is 2.19. The van der Waals surface area contributed by atoms with E-state index in [2.05, 4.69) is 36.8 Å². The summed E-state index contributed by atoms with van der Waals surface area (Å²) >= 11 is 0.